The fourth-order valence-electron chi connectivity index (χ4n) is 7.22. The molecule has 14 heteroatoms. The molecule has 5 unspecified atom stereocenters. The molecule has 48 heavy (non-hydrogen) atoms. The fourth-order valence-corrected chi connectivity index (χ4v) is 8.24. The zero-order valence-electron chi connectivity index (χ0n) is 27.4. The molecule has 6 rings (SSSR count). The van der Waals surface area contributed by atoms with E-state index in [9.17, 15) is 29.6 Å². The number of nitrogens with zero attached hydrogens (tertiary/aromatic N) is 4. The third-order valence-corrected chi connectivity index (χ3v) is 10.4. The van der Waals surface area contributed by atoms with Crippen LogP contribution in [0.15, 0.2) is 36.4 Å². The predicted molar refractivity (Wildman–Crippen MR) is 169 cm³/mol. The van der Waals surface area contributed by atoms with Crippen molar-refractivity contribution in [2.75, 3.05) is 26.3 Å². The van der Waals surface area contributed by atoms with Crippen molar-refractivity contribution in [2.24, 2.45) is 0 Å². The zero-order chi connectivity index (χ0) is 34.4. The predicted octanol–water partition coefficient (Wildman–Crippen LogP) is 4.69. The standard InChI is InChI=1S/C34H39N4O9P/c1-33(2)31(29(37-13-5-7-27(37)39)23-17-21(19-35)9-11-25(23)45-33)43-15-16-44-48(41,42)47-32-30(38-14-6-8-28(38)40)24-18-22(20-36)10-12-26(24)46-34(32,3)4/h9-12,17-18,29-32H,5-8,13-16H2,1-4H3,(H,41,42). The number of rotatable bonds is 9. The number of likely N-dealkylation sites (tertiary alicyclic amines) is 2. The Balaban J connectivity index is 1.20. The normalized spacial score (nSPS) is 26.8. The van der Waals surface area contributed by atoms with E-state index in [-0.39, 0.29) is 25.0 Å². The Morgan fingerprint density at radius 2 is 1.31 bits per heavy atom. The van der Waals surface area contributed by atoms with E-state index in [2.05, 4.69) is 12.1 Å². The molecule has 13 nitrogen and oxygen atoms in total. The van der Waals surface area contributed by atoms with Gasteiger partial charge >= 0.3 is 7.82 Å². The zero-order valence-corrected chi connectivity index (χ0v) is 28.3. The summed E-state index contributed by atoms with van der Waals surface area (Å²) in [5, 5.41) is 19.1. The first kappa shape index (κ1) is 33.9. The van der Waals surface area contributed by atoms with Gasteiger partial charge in [0.05, 0.1) is 48.6 Å². The van der Waals surface area contributed by atoms with Crippen LogP contribution in [0, 0.1) is 22.7 Å². The average Bonchev–Trinajstić information content (AvgIpc) is 3.66. The summed E-state index contributed by atoms with van der Waals surface area (Å²) in [4.78, 5) is 40.3. The van der Waals surface area contributed by atoms with Crippen molar-refractivity contribution in [3.63, 3.8) is 0 Å². The maximum Gasteiger partial charge on any atom is 0.472 e. The van der Waals surface area contributed by atoms with Gasteiger partial charge in [0, 0.05) is 37.1 Å². The molecule has 1 N–H and O–H groups in total. The van der Waals surface area contributed by atoms with Gasteiger partial charge in [-0.15, -0.1) is 0 Å². The largest absolute Gasteiger partial charge is 0.485 e. The first-order chi connectivity index (χ1) is 22.7. The molecule has 2 saturated heterocycles. The molecule has 0 aliphatic carbocycles. The summed E-state index contributed by atoms with van der Waals surface area (Å²) in [5.41, 5.74) is -0.136. The molecule has 254 valence electrons. The number of nitriles is 2. The van der Waals surface area contributed by atoms with Gasteiger partial charge < -0.3 is 28.9 Å². The lowest BCUT2D eigenvalue weighted by Crippen LogP contribution is -2.55. The van der Waals surface area contributed by atoms with E-state index >= 15 is 0 Å². The van der Waals surface area contributed by atoms with Crippen molar-refractivity contribution >= 4 is 19.6 Å². The van der Waals surface area contributed by atoms with Crippen LogP contribution in [0.25, 0.3) is 0 Å². The molecule has 0 radical (unpaired) electrons. The molecule has 0 spiro atoms. The van der Waals surface area contributed by atoms with Crippen LogP contribution in [0.5, 0.6) is 11.5 Å². The molecule has 2 aromatic carbocycles. The van der Waals surface area contributed by atoms with E-state index in [1.807, 2.05) is 13.8 Å². The highest BCUT2D eigenvalue weighted by molar-refractivity contribution is 7.47. The summed E-state index contributed by atoms with van der Waals surface area (Å²) in [5.74, 6) is 0.849. The van der Waals surface area contributed by atoms with Crippen LogP contribution in [0.2, 0.25) is 0 Å². The summed E-state index contributed by atoms with van der Waals surface area (Å²) in [7, 11) is -4.78. The van der Waals surface area contributed by atoms with Gasteiger partial charge in [0.25, 0.3) is 0 Å². The van der Waals surface area contributed by atoms with Crippen molar-refractivity contribution in [1.29, 1.82) is 10.5 Å². The van der Waals surface area contributed by atoms with E-state index < -0.39 is 43.3 Å². The lowest BCUT2D eigenvalue weighted by Gasteiger charge is -2.47. The number of ether oxygens (including phenoxy) is 3. The Morgan fingerprint density at radius 3 is 1.77 bits per heavy atom. The summed E-state index contributed by atoms with van der Waals surface area (Å²) in [6.45, 7) is 7.53. The minimum Gasteiger partial charge on any atom is -0.485 e. The Bertz CT molecular complexity index is 1750. The van der Waals surface area contributed by atoms with E-state index in [1.165, 1.54) is 0 Å². The number of hydrogen-bond acceptors (Lipinski definition) is 10. The smallest absolute Gasteiger partial charge is 0.472 e. The number of amides is 2. The molecule has 4 aliphatic heterocycles. The monoisotopic (exact) mass is 678 g/mol. The van der Waals surface area contributed by atoms with E-state index in [1.54, 1.807) is 60.0 Å². The molecule has 4 heterocycles. The SMILES string of the molecule is CC1(C)Oc2ccc(C#N)cc2C(N2CCCC2=O)C1OCCOP(=O)(O)OC1C(N2CCCC2=O)c2cc(C#N)ccc2OC1(C)C. The third-order valence-electron chi connectivity index (χ3n) is 9.38. The van der Waals surface area contributed by atoms with Crippen LogP contribution in [0.4, 0.5) is 0 Å². The first-order valence-electron chi connectivity index (χ1n) is 16.1. The molecular formula is C34H39N4O9P. The van der Waals surface area contributed by atoms with Gasteiger partial charge in [0.15, 0.2) is 0 Å². The molecule has 5 atom stereocenters. The van der Waals surface area contributed by atoms with Gasteiger partial charge in [-0.05, 0) is 76.9 Å². The maximum atomic E-state index is 13.5. The quantitative estimate of drug-likeness (QED) is 0.288. The average molecular weight is 679 g/mol. The molecule has 2 aromatic rings. The number of phosphoric ester groups is 1. The maximum absolute atomic E-state index is 13.5. The number of carbonyl (C=O) groups excluding carboxylic acids is 2. The highest BCUT2D eigenvalue weighted by Crippen LogP contribution is 2.54. The molecule has 0 aromatic heterocycles. The van der Waals surface area contributed by atoms with Crippen molar-refractivity contribution in [3.05, 3.63) is 58.7 Å². The van der Waals surface area contributed by atoms with Crippen LogP contribution in [0.3, 0.4) is 0 Å². The minimum atomic E-state index is -4.78. The summed E-state index contributed by atoms with van der Waals surface area (Å²) in [6, 6.07) is 12.9. The van der Waals surface area contributed by atoms with Crippen LogP contribution in [-0.4, -0.2) is 76.2 Å². The van der Waals surface area contributed by atoms with Crippen molar-refractivity contribution < 1.29 is 42.3 Å². The Kier molecular flexibility index (Phi) is 9.05. The molecule has 4 aliphatic rings. The highest BCUT2D eigenvalue weighted by atomic mass is 31.2. The number of phosphoric acid groups is 1. The third kappa shape index (κ3) is 6.41. The number of fused-ring (bicyclic) bond motifs is 2. The van der Waals surface area contributed by atoms with Crippen molar-refractivity contribution in [1.82, 2.24) is 9.80 Å². The van der Waals surface area contributed by atoms with E-state index in [0.29, 0.717) is 72.5 Å². The van der Waals surface area contributed by atoms with E-state index in [4.69, 9.17) is 23.3 Å². The van der Waals surface area contributed by atoms with Gasteiger partial charge in [-0.2, -0.15) is 10.5 Å². The summed E-state index contributed by atoms with van der Waals surface area (Å²) in [6.07, 6.45) is 0.216. The second-order valence-corrected chi connectivity index (χ2v) is 14.9. The highest BCUT2D eigenvalue weighted by Gasteiger charge is 2.53. The lowest BCUT2D eigenvalue weighted by molar-refractivity contribution is -0.150. The van der Waals surface area contributed by atoms with Crippen LogP contribution >= 0.6 is 7.82 Å². The van der Waals surface area contributed by atoms with Crippen LogP contribution in [-0.2, 0) is 27.9 Å². The van der Waals surface area contributed by atoms with Gasteiger partial charge in [-0.1, -0.05) is 0 Å². The van der Waals surface area contributed by atoms with Gasteiger partial charge in [0.2, 0.25) is 11.8 Å². The Labute approximate surface area is 279 Å². The molecule has 2 fully saturated rings. The summed E-state index contributed by atoms with van der Waals surface area (Å²) < 4.78 is 43.6. The Morgan fingerprint density at radius 1 is 0.833 bits per heavy atom. The van der Waals surface area contributed by atoms with Crippen molar-refractivity contribution in [2.45, 2.75) is 88.9 Å². The second-order valence-electron chi connectivity index (χ2n) is 13.5. The molecular weight excluding hydrogens is 639 g/mol. The number of carbonyl (C=O) groups is 2. The first-order valence-corrected chi connectivity index (χ1v) is 17.6. The van der Waals surface area contributed by atoms with E-state index in [0.717, 1.165) is 0 Å². The topological polar surface area (TPSA) is 172 Å². The summed E-state index contributed by atoms with van der Waals surface area (Å²) >= 11 is 0. The molecule has 2 amide bonds. The minimum absolute atomic E-state index is 0.0315. The van der Waals surface area contributed by atoms with Crippen LogP contribution in [0.1, 0.15) is 87.7 Å². The lowest BCUT2D eigenvalue weighted by atomic mass is 9.84. The molecule has 0 bridgehead atoms. The van der Waals surface area contributed by atoms with Crippen LogP contribution < -0.4 is 9.47 Å². The van der Waals surface area contributed by atoms with Crippen molar-refractivity contribution in [3.8, 4) is 23.6 Å². The number of benzene rings is 2. The molecule has 0 saturated carbocycles. The Hall–Kier alpha value is -3.97. The second kappa shape index (κ2) is 12.8. The van der Waals surface area contributed by atoms with Gasteiger partial charge in [0.1, 0.15) is 34.9 Å². The fraction of sp³-hybridized carbons (Fsp3) is 0.529. The number of hydrogen-bond donors (Lipinski definition) is 1. The van der Waals surface area contributed by atoms with Gasteiger partial charge in [-0.3, -0.25) is 18.6 Å². The van der Waals surface area contributed by atoms with Gasteiger partial charge in [-0.25, -0.2) is 4.57 Å².